The zero-order valence-electron chi connectivity index (χ0n) is 14.5. The van der Waals surface area contributed by atoms with Crippen LogP contribution in [-0.4, -0.2) is 30.3 Å². The molecule has 0 aliphatic carbocycles. The number of rotatable bonds is 7. The van der Waals surface area contributed by atoms with E-state index < -0.39 is 11.5 Å². The summed E-state index contributed by atoms with van der Waals surface area (Å²) in [5.41, 5.74) is 1.38. The van der Waals surface area contributed by atoms with Crippen LogP contribution in [0.3, 0.4) is 0 Å². The van der Waals surface area contributed by atoms with Crippen LogP contribution < -0.4 is 10.1 Å². The highest BCUT2D eigenvalue weighted by molar-refractivity contribution is 5.87. The molecule has 0 aliphatic rings. The molecule has 0 saturated heterocycles. The molecule has 0 saturated carbocycles. The molecule has 1 atom stereocenters. The Balaban J connectivity index is 1.82. The molecule has 2 N–H and O–H groups in total. The lowest BCUT2D eigenvalue weighted by Crippen LogP contribution is -2.44. The highest BCUT2D eigenvalue weighted by Gasteiger charge is 2.29. The number of nitrogens with one attached hydrogen (secondary N) is 1. The predicted molar refractivity (Wildman–Crippen MR) is 95.2 cm³/mol. The molecule has 128 valence electrons. The minimum Gasteiger partial charge on any atom is -0.491 e. The van der Waals surface area contributed by atoms with E-state index >= 15 is 0 Å². The van der Waals surface area contributed by atoms with Gasteiger partial charge in [-0.25, -0.2) is 0 Å². The molecule has 0 heterocycles. The number of aryl methyl sites for hydroxylation is 1. The minimum atomic E-state index is -0.763. The molecular formula is C20H25NO3. The Morgan fingerprint density at radius 3 is 2.54 bits per heavy atom. The van der Waals surface area contributed by atoms with Crippen LogP contribution in [0, 0.1) is 6.92 Å². The van der Waals surface area contributed by atoms with E-state index in [0.717, 1.165) is 11.1 Å². The average Bonchev–Trinajstić information content (AvgIpc) is 2.58. The molecule has 2 aromatic carbocycles. The lowest BCUT2D eigenvalue weighted by atomic mass is 9.84. The van der Waals surface area contributed by atoms with Crippen molar-refractivity contribution in [3.63, 3.8) is 0 Å². The Labute approximate surface area is 143 Å². The van der Waals surface area contributed by atoms with Gasteiger partial charge in [-0.1, -0.05) is 42.5 Å². The van der Waals surface area contributed by atoms with Gasteiger partial charge >= 0.3 is 0 Å². The van der Waals surface area contributed by atoms with Gasteiger partial charge in [-0.2, -0.15) is 0 Å². The van der Waals surface area contributed by atoms with Crippen molar-refractivity contribution in [2.24, 2.45) is 0 Å². The number of hydrogen-bond donors (Lipinski definition) is 2. The number of amides is 1. The summed E-state index contributed by atoms with van der Waals surface area (Å²) in [5.74, 6) is 0.591. The van der Waals surface area contributed by atoms with Gasteiger partial charge in [-0.3, -0.25) is 4.79 Å². The summed E-state index contributed by atoms with van der Waals surface area (Å²) in [7, 11) is 0. The van der Waals surface area contributed by atoms with Gasteiger partial charge in [0.05, 0.1) is 5.41 Å². The maximum atomic E-state index is 12.4. The van der Waals surface area contributed by atoms with Crippen molar-refractivity contribution in [2.75, 3.05) is 13.2 Å². The summed E-state index contributed by atoms with van der Waals surface area (Å²) in [6, 6.07) is 17.2. The first-order chi connectivity index (χ1) is 11.4. The summed E-state index contributed by atoms with van der Waals surface area (Å²) in [4.78, 5) is 12.4. The number of aliphatic hydroxyl groups is 1. The topological polar surface area (TPSA) is 58.6 Å². The van der Waals surface area contributed by atoms with Gasteiger partial charge in [0, 0.05) is 6.54 Å². The van der Waals surface area contributed by atoms with Gasteiger partial charge in [0.15, 0.2) is 0 Å². The number of ether oxygens (including phenoxy) is 1. The number of hydrogen-bond acceptors (Lipinski definition) is 3. The highest BCUT2D eigenvalue weighted by atomic mass is 16.5. The van der Waals surface area contributed by atoms with Crippen LogP contribution in [0.15, 0.2) is 54.6 Å². The molecular weight excluding hydrogens is 302 g/mol. The number of carbonyl (C=O) groups is 1. The zero-order chi connectivity index (χ0) is 17.6. The lowest BCUT2D eigenvalue weighted by molar-refractivity contribution is -0.126. The predicted octanol–water partition coefficient (Wildman–Crippen LogP) is 2.83. The molecule has 1 unspecified atom stereocenters. The molecule has 0 bridgehead atoms. The standard InChI is InChI=1S/C20H25NO3/c1-15-8-7-11-18(12-15)24-14-17(22)13-21-19(23)20(2,3)16-9-5-4-6-10-16/h4-12,17,22H,13-14H2,1-3H3,(H,21,23). The van der Waals surface area contributed by atoms with Crippen LogP contribution in [-0.2, 0) is 10.2 Å². The second-order valence-corrected chi connectivity index (χ2v) is 6.48. The molecule has 0 aliphatic heterocycles. The van der Waals surface area contributed by atoms with Gasteiger partial charge in [0.25, 0.3) is 0 Å². The molecule has 4 nitrogen and oxygen atoms in total. The van der Waals surface area contributed by atoms with E-state index in [1.807, 2.05) is 75.4 Å². The minimum absolute atomic E-state index is 0.122. The second-order valence-electron chi connectivity index (χ2n) is 6.48. The SMILES string of the molecule is Cc1cccc(OCC(O)CNC(=O)C(C)(C)c2ccccc2)c1. The summed E-state index contributed by atoms with van der Waals surface area (Å²) < 4.78 is 5.55. The first-order valence-electron chi connectivity index (χ1n) is 8.11. The van der Waals surface area contributed by atoms with E-state index in [1.165, 1.54) is 0 Å². The van der Waals surface area contributed by atoms with E-state index in [2.05, 4.69) is 5.32 Å². The fourth-order valence-electron chi connectivity index (χ4n) is 2.37. The van der Waals surface area contributed by atoms with E-state index in [0.29, 0.717) is 5.75 Å². The van der Waals surface area contributed by atoms with Crippen LogP contribution in [0.1, 0.15) is 25.0 Å². The zero-order valence-corrected chi connectivity index (χ0v) is 14.5. The maximum Gasteiger partial charge on any atom is 0.230 e. The smallest absolute Gasteiger partial charge is 0.230 e. The lowest BCUT2D eigenvalue weighted by Gasteiger charge is -2.25. The number of benzene rings is 2. The monoisotopic (exact) mass is 327 g/mol. The van der Waals surface area contributed by atoms with Crippen molar-refractivity contribution in [3.8, 4) is 5.75 Å². The van der Waals surface area contributed by atoms with E-state index in [-0.39, 0.29) is 19.1 Å². The first kappa shape index (κ1) is 18.0. The van der Waals surface area contributed by atoms with E-state index in [9.17, 15) is 9.90 Å². The molecule has 0 fully saturated rings. The van der Waals surface area contributed by atoms with Crippen molar-refractivity contribution in [1.82, 2.24) is 5.32 Å². The van der Waals surface area contributed by atoms with Crippen molar-refractivity contribution >= 4 is 5.91 Å². The molecule has 2 aromatic rings. The third kappa shape index (κ3) is 4.83. The van der Waals surface area contributed by atoms with Crippen molar-refractivity contribution in [2.45, 2.75) is 32.3 Å². The molecule has 4 heteroatoms. The molecule has 0 spiro atoms. The Kier molecular flexibility index (Phi) is 5.99. The van der Waals surface area contributed by atoms with Gasteiger partial charge < -0.3 is 15.2 Å². The van der Waals surface area contributed by atoms with Crippen LogP contribution >= 0.6 is 0 Å². The van der Waals surface area contributed by atoms with Gasteiger partial charge in [-0.05, 0) is 44.0 Å². The summed E-state index contributed by atoms with van der Waals surface area (Å²) in [6.07, 6.45) is -0.763. The molecule has 1 amide bonds. The van der Waals surface area contributed by atoms with E-state index in [4.69, 9.17) is 4.74 Å². The number of carbonyl (C=O) groups excluding carboxylic acids is 1. The van der Waals surface area contributed by atoms with Crippen LogP contribution in [0.25, 0.3) is 0 Å². The molecule has 24 heavy (non-hydrogen) atoms. The van der Waals surface area contributed by atoms with Gasteiger partial charge in [0.1, 0.15) is 18.5 Å². The molecule has 2 rings (SSSR count). The summed E-state index contributed by atoms with van der Waals surface area (Å²) in [6.45, 7) is 6.01. The van der Waals surface area contributed by atoms with E-state index in [1.54, 1.807) is 0 Å². The van der Waals surface area contributed by atoms with Crippen molar-refractivity contribution < 1.29 is 14.6 Å². The van der Waals surface area contributed by atoms with Crippen LogP contribution in [0.5, 0.6) is 5.75 Å². The Hall–Kier alpha value is -2.33. The highest BCUT2D eigenvalue weighted by Crippen LogP contribution is 2.22. The Morgan fingerprint density at radius 1 is 1.17 bits per heavy atom. The average molecular weight is 327 g/mol. The number of aliphatic hydroxyl groups excluding tert-OH is 1. The Morgan fingerprint density at radius 2 is 1.88 bits per heavy atom. The van der Waals surface area contributed by atoms with Gasteiger partial charge in [0.2, 0.25) is 5.91 Å². The Bertz CT molecular complexity index is 668. The summed E-state index contributed by atoms with van der Waals surface area (Å²) >= 11 is 0. The molecule has 0 radical (unpaired) electrons. The quantitative estimate of drug-likeness (QED) is 0.822. The largest absolute Gasteiger partial charge is 0.491 e. The van der Waals surface area contributed by atoms with Crippen molar-refractivity contribution in [3.05, 3.63) is 65.7 Å². The fourth-order valence-corrected chi connectivity index (χ4v) is 2.37. The maximum absolute atomic E-state index is 12.4. The van der Waals surface area contributed by atoms with Crippen LogP contribution in [0.2, 0.25) is 0 Å². The molecule has 0 aromatic heterocycles. The van der Waals surface area contributed by atoms with Gasteiger partial charge in [-0.15, -0.1) is 0 Å². The second kappa shape index (κ2) is 7.97. The normalized spacial score (nSPS) is 12.5. The van der Waals surface area contributed by atoms with Crippen LogP contribution in [0.4, 0.5) is 0 Å². The first-order valence-corrected chi connectivity index (χ1v) is 8.11. The fraction of sp³-hybridized carbons (Fsp3) is 0.350. The third-order valence-corrected chi connectivity index (χ3v) is 3.99. The van der Waals surface area contributed by atoms with Crippen molar-refractivity contribution in [1.29, 1.82) is 0 Å². The summed E-state index contributed by atoms with van der Waals surface area (Å²) in [5, 5.41) is 12.8. The third-order valence-electron chi connectivity index (χ3n) is 3.99.